The minimum Gasteiger partial charge on any atom is -0.512 e. The molecule has 2 nitrogen and oxygen atoms in total. The molecule has 0 aliphatic rings. The summed E-state index contributed by atoms with van der Waals surface area (Å²) in [6.07, 6.45) is 5.25. The van der Waals surface area contributed by atoms with Gasteiger partial charge in [-0.3, -0.25) is 4.79 Å². The van der Waals surface area contributed by atoms with E-state index in [1.165, 1.54) is 6.92 Å². The van der Waals surface area contributed by atoms with Crippen molar-refractivity contribution in [3.05, 3.63) is 35.1 Å². The average Bonchev–Trinajstić information content (AvgIpc) is 2.03. The van der Waals surface area contributed by atoms with Gasteiger partial charge in [-0.2, -0.15) is 0 Å². The van der Waals surface area contributed by atoms with Crippen LogP contribution in [-0.4, -0.2) is 10.9 Å². The Labute approximate surface area is 79.3 Å². The van der Waals surface area contributed by atoms with Gasteiger partial charge in [-0.1, -0.05) is 18.2 Å². The van der Waals surface area contributed by atoms with Crippen molar-refractivity contribution in [3.8, 4) is 0 Å². The number of rotatable bonds is 3. The third kappa shape index (κ3) is 5.01. The van der Waals surface area contributed by atoms with Crippen LogP contribution in [0, 0.1) is 0 Å². The van der Waals surface area contributed by atoms with Gasteiger partial charge >= 0.3 is 0 Å². The molecule has 1 N–H and O–H groups in total. The quantitative estimate of drug-likeness (QED) is 0.412. The number of Topliss-reactive ketones (excluding diaryl/α,β-unsaturated/α-hetero) is 1. The summed E-state index contributed by atoms with van der Waals surface area (Å²) in [6, 6.07) is 0. The van der Waals surface area contributed by atoms with E-state index in [1.54, 1.807) is 32.1 Å². The highest BCUT2D eigenvalue weighted by molar-refractivity contribution is 5.92. The molecule has 0 saturated heterocycles. The average molecular weight is 180 g/mol. The van der Waals surface area contributed by atoms with Crippen LogP contribution in [0.3, 0.4) is 0 Å². The highest BCUT2D eigenvalue weighted by Gasteiger charge is 1.92. The van der Waals surface area contributed by atoms with Crippen LogP contribution in [0.25, 0.3) is 0 Å². The molecule has 0 aromatic carbocycles. The molecule has 0 saturated carbocycles. The van der Waals surface area contributed by atoms with E-state index < -0.39 is 0 Å². The first kappa shape index (κ1) is 11.7. The molecule has 0 aromatic rings. The van der Waals surface area contributed by atoms with Crippen LogP contribution in [0.15, 0.2) is 35.1 Å². The summed E-state index contributed by atoms with van der Waals surface area (Å²) in [6.45, 7) is 6.72. The monoisotopic (exact) mass is 180 g/mol. The Morgan fingerprint density at radius 1 is 1.15 bits per heavy atom. The van der Waals surface area contributed by atoms with E-state index >= 15 is 0 Å². The number of hydrogen-bond donors (Lipinski definition) is 1. The van der Waals surface area contributed by atoms with Gasteiger partial charge in [0.25, 0.3) is 0 Å². The largest absolute Gasteiger partial charge is 0.512 e. The van der Waals surface area contributed by atoms with Crippen LogP contribution in [0.4, 0.5) is 0 Å². The maximum absolute atomic E-state index is 10.8. The first-order valence-corrected chi connectivity index (χ1v) is 4.17. The summed E-state index contributed by atoms with van der Waals surface area (Å²) >= 11 is 0. The second-order valence-corrected chi connectivity index (χ2v) is 3.03. The van der Waals surface area contributed by atoms with Gasteiger partial charge in [-0.15, -0.1) is 0 Å². The summed E-state index contributed by atoms with van der Waals surface area (Å²) in [4.78, 5) is 10.8. The first-order chi connectivity index (χ1) is 5.95. The maximum Gasteiger partial charge on any atom is 0.155 e. The number of carbonyl (C=O) groups excluding carboxylic acids is 1. The molecule has 0 spiro atoms. The Balaban J connectivity index is 4.41. The number of aliphatic hydroxyl groups excluding tert-OH is 1. The Hall–Kier alpha value is -1.31. The van der Waals surface area contributed by atoms with E-state index in [0.717, 1.165) is 5.57 Å². The van der Waals surface area contributed by atoms with E-state index in [2.05, 4.69) is 0 Å². The molecule has 0 unspecified atom stereocenters. The zero-order valence-corrected chi connectivity index (χ0v) is 8.59. The molecular formula is C11H16O2. The molecule has 72 valence electrons. The fraction of sp³-hybridized carbons (Fsp3) is 0.364. The predicted molar refractivity (Wildman–Crippen MR) is 54.6 cm³/mol. The Morgan fingerprint density at radius 3 is 2.08 bits per heavy atom. The Kier molecular flexibility index (Phi) is 4.82. The van der Waals surface area contributed by atoms with Crippen molar-refractivity contribution in [2.24, 2.45) is 0 Å². The zero-order valence-electron chi connectivity index (χ0n) is 8.59. The molecule has 0 aliphatic heterocycles. The SMILES string of the molecule is CC(=O)C(C)=CC=CC(C)=C(C)O. The Bertz CT molecular complexity index is 276. The van der Waals surface area contributed by atoms with Crippen molar-refractivity contribution in [3.63, 3.8) is 0 Å². The second kappa shape index (κ2) is 5.36. The lowest BCUT2D eigenvalue weighted by atomic mass is 10.2. The van der Waals surface area contributed by atoms with Crippen LogP contribution in [0.1, 0.15) is 27.7 Å². The van der Waals surface area contributed by atoms with Gasteiger partial charge in [-0.25, -0.2) is 0 Å². The van der Waals surface area contributed by atoms with Crippen LogP contribution in [-0.2, 0) is 4.79 Å². The second-order valence-electron chi connectivity index (χ2n) is 3.03. The molecule has 2 heteroatoms. The molecule has 0 radical (unpaired) electrons. The lowest BCUT2D eigenvalue weighted by molar-refractivity contribution is -0.113. The molecule has 0 amide bonds. The van der Waals surface area contributed by atoms with Gasteiger partial charge in [0.05, 0.1) is 5.76 Å². The van der Waals surface area contributed by atoms with Crippen LogP contribution >= 0.6 is 0 Å². The van der Waals surface area contributed by atoms with E-state index in [4.69, 9.17) is 5.11 Å². The highest BCUT2D eigenvalue weighted by Crippen LogP contribution is 2.02. The number of allylic oxidation sites excluding steroid dienone is 6. The topological polar surface area (TPSA) is 37.3 Å². The van der Waals surface area contributed by atoms with Gasteiger partial charge in [0.1, 0.15) is 0 Å². The van der Waals surface area contributed by atoms with Gasteiger partial charge in [0.2, 0.25) is 0 Å². The minimum absolute atomic E-state index is 0.0620. The Morgan fingerprint density at radius 2 is 1.69 bits per heavy atom. The molecule has 0 atom stereocenters. The van der Waals surface area contributed by atoms with Gasteiger partial charge in [0, 0.05) is 0 Å². The van der Waals surface area contributed by atoms with E-state index in [9.17, 15) is 4.79 Å². The summed E-state index contributed by atoms with van der Waals surface area (Å²) in [5, 5.41) is 9.04. The van der Waals surface area contributed by atoms with E-state index in [-0.39, 0.29) is 5.78 Å². The van der Waals surface area contributed by atoms with Crippen molar-refractivity contribution in [1.82, 2.24) is 0 Å². The zero-order chi connectivity index (χ0) is 10.4. The third-order valence-corrected chi connectivity index (χ3v) is 1.82. The standard InChI is InChI=1S/C11H16O2/c1-8(10(3)12)6-5-7-9(2)11(4)13/h5-7,12H,1-4H3. The number of carbonyl (C=O) groups is 1. The molecule has 0 heterocycles. The van der Waals surface area contributed by atoms with Crippen molar-refractivity contribution < 1.29 is 9.90 Å². The smallest absolute Gasteiger partial charge is 0.155 e. The van der Waals surface area contributed by atoms with Crippen LogP contribution in [0.5, 0.6) is 0 Å². The summed E-state index contributed by atoms with van der Waals surface area (Å²) in [5.74, 6) is 0.358. The fourth-order valence-corrected chi connectivity index (χ4v) is 0.575. The number of aliphatic hydroxyl groups is 1. The van der Waals surface area contributed by atoms with E-state index in [1.807, 2.05) is 6.92 Å². The van der Waals surface area contributed by atoms with Crippen molar-refractivity contribution >= 4 is 5.78 Å². The molecule has 0 rings (SSSR count). The first-order valence-electron chi connectivity index (χ1n) is 4.17. The molecule has 0 bridgehead atoms. The lowest BCUT2D eigenvalue weighted by Crippen LogP contribution is -1.89. The maximum atomic E-state index is 10.8. The number of ketones is 1. The molecule has 0 fully saturated rings. The summed E-state index contributed by atoms with van der Waals surface area (Å²) in [7, 11) is 0. The predicted octanol–water partition coefficient (Wildman–Crippen LogP) is 2.93. The van der Waals surface area contributed by atoms with Crippen LogP contribution < -0.4 is 0 Å². The third-order valence-electron chi connectivity index (χ3n) is 1.82. The van der Waals surface area contributed by atoms with Crippen molar-refractivity contribution in [2.45, 2.75) is 27.7 Å². The molecular weight excluding hydrogens is 164 g/mol. The van der Waals surface area contributed by atoms with Crippen molar-refractivity contribution in [2.75, 3.05) is 0 Å². The van der Waals surface area contributed by atoms with E-state index in [0.29, 0.717) is 11.3 Å². The molecule has 0 aromatic heterocycles. The number of hydrogen-bond acceptors (Lipinski definition) is 2. The summed E-state index contributed by atoms with van der Waals surface area (Å²) in [5.41, 5.74) is 1.51. The molecule has 0 aliphatic carbocycles. The van der Waals surface area contributed by atoms with Gasteiger partial charge in [0.15, 0.2) is 5.78 Å². The fourth-order valence-electron chi connectivity index (χ4n) is 0.575. The normalized spacial score (nSPS) is 14.6. The lowest BCUT2D eigenvalue weighted by Gasteiger charge is -1.93. The molecule has 13 heavy (non-hydrogen) atoms. The van der Waals surface area contributed by atoms with Gasteiger partial charge in [-0.05, 0) is 38.8 Å². The highest BCUT2D eigenvalue weighted by atomic mass is 16.3. The summed E-state index contributed by atoms with van der Waals surface area (Å²) < 4.78 is 0. The van der Waals surface area contributed by atoms with Crippen LogP contribution in [0.2, 0.25) is 0 Å². The van der Waals surface area contributed by atoms with Gasteiger partial charge < -0.3 is 5.11 Å². The minimum atomic E-state index is 0.0620. The van der Waals surface area contributed by atoms with Crippen molar-refractivity contribution in [1.29, 1.82) is 0 Å².